The molecule has 2 aromatic carbocycles. The van der Waals surface area contributed by atoms with E-state index in [-0.39, 0.29) is 11.7 Å². The van der Waals surface area contributed by atoms with Gasteiger partial charge in [-0.3, -0.25) is 4.79 Å². The fraction of sp³-hybridized carbons (Fsp3) is 0.105. The Kier molecular flexibility index (Phi) is 4.52. The molecule has 23 heavy (non-hydrogen) atoms. The van der Waals surface area contributed by atoms with E-state index in [2.05, 4.69) is 5.32 Å². The predicted molar refractivity (Wildman–Crippen MR) is 88.2 cm³/mol. The molecule has 1 amide bonds. The summed E-state index contributed by atoms with van der Waals surface area (Å²) in [7, 11) is 0. The van der Waals surface area contributed by atoms with Crippen LogP contribution in [-0.2, 0) is 6.42 Å². The van der Waals surface area contributed by atoms with Gasteiger partial charge in [-0.05, 0) is 54.4 Å². The van der Waals surface area contributed by atoms with Gasteiger partial charge in [0.15, 0.2) is 0 Å². The third-order valence-electron chi connectivity index (χ3n) is 3.62. The lowest BCUT2D eigenvalue weighted by Crippen LogP contribution is -2.25. The van der Waals surface area contributed by atoms with Crippen LogP contribution in [0.2, 0.25) is 0 Å². The van der Waals surface area contributed by atoms with Gasteiger partial charge in [0, 0.05) is 30.2 Å². The minimum atomic E-state index is -0.250. The topological polar surface area (TPSA) is 34.0 Å². The Hall–Kier alpha value is -2.88. The van der Waals surface area contributed by atoms with E-state index in [1.165, 1.54) is 12.1 Å². The Balaban J connectivity index is 1.60. The molecule has 0 unspecified atom stereocenters. The Morgan fingerprint density at radius 2 is 1.74 bits per heavy atom. The van der Waals surface area contributed by atoms with Crippen molar-refractivity contribution in [3.05, 3.63) is 90.0 Å². The van der Waals surface area contributed by atoms with E-state index in [1.807, 2.05) is 47.3 Å². The van der Waals surface area contributed by atoms with Gasteiger partial charge in [0.05, 0.1) is 0 Å². The molecule has 3 nitrogen and oxygen atoms in total. The normalized spacial score (nSPS) is 10.5. The van der Waals surface area contributed by atoms with Crippen molar-refractivity contribution in [3.63, 3.8) is 0 Å². The summed E-state index contributed by atoms with van der Waals surface area (Å²) in [4.78, 5) is 12.2. The first kappa shape index (κ1) is 15.0. The van der Waals surface area contributed by atoms with Gasteiger partial charge in [-0.1, -0.05) is 18.2 Å². The van der Waals surface area contributed by atoms with Crippen LogP contribution in [0.5, 0.6) is 0 Å². The molecule has 0 atom stereocenters. The van der Waals surface area contributed by atoms with Crippen molar-refractivity contribution in [3.8, 4) is 5.69 Å². The number of benzene rings is 2. The summed E-state index contributed by atoms with van der Waals surface area (Å²) in [6.45, 7) is 0.512. The van der Waals surface area contributed by atoms with Crippen LogP contribution < -0.4 is 5.32 Å². The van der Waals surface area contributed by atoms with Crippen molar-refractivity contribution >= 4 is 5.91 Å². The summed E-state index contributed by atoms with van der Waals surface area (Å²) in [5.74, 6) is -0.360. The lowest BCUT2D eigenvalue weighted by atomic mass is 10.1. The van der Waals surface area contributed by atoms with Crippen molar-refractivity contribution in [2.24, 2.45) is 0 Å². The average Bonchev–Trinajstić information content (AvgIpc) is 3.11. The van der Waals surface area contributed by atoms with E-state index >= 15 is 0 Å². The van der Waals surface area contributed by atoms with Crippen molar-refractivity contribution in [1.29, 1.82) is 0 Å². The highest BCUT2D eigenvalue weighted by atomic mass is 19.1. The van der Waals surface area contributed by atoms with Crippen LogP contribution >= 0.6 is 0 Å². The van der Waals surface area contributed by atoms with Crippen molar-refractivity contribution in [2.45, 2.75) is 6.42 Å². The number of carbonyl (C=O) groups excluding carboxylic acids is 1. The van der Waals surface area contributed by atoms with Crippen LogP contribution in [0, 0.1) is 5.82 Å². The maximum atomic E-state index is 12.8. The third-order valence-corrected chi connectivity index (χ3v) is 3.62. The van der Waals surface area contributed by atoms with Gasteiger partial charge in [-0.25, -0.2) is 4.39 Å². The zero-order chi connectivity index (χ0) is 16.1. The molecule has 1 N–H and O–H groups in total. The standard InChI is InChI=1S/C19H17FN2O/c20-17-8-6-15(7-9-17)10-11-21-19(23)16-4-3-5-18(14-16)22-12-1-2-13-22/h1-9,12-14H,10-11H2,(H,21,23). The first-order valence-electron chi connectivity index (χ1n) is 7.48. The van der Waals surface area contributed by atoms with Crippen LogP contribution in [0.25, 0.3) is 5.69 Å². The predicted octanol–water partition coefficient (Wildman–Crippen LogP) is 3.59. The quantitative estimate of drug-likeness (QED) is 0.768. The molecule has 1 aromatic heterocycles. The molecule has 0 radical (unpaired) electrons. The Bertz CT molecular complexity index is 779. The second-order valence-corrected chi connectivity index (χ2v) is 5.27. The second-order valence-electron chi connectivity index (χ2n) is 5.27. The Morgan fingerprint density at radius 3 is 2.48 bits per heavy atom. The number of halogens is 1. The van der Waals surface area contributed by atoms with Crippen LogP contribution in [0.4, 0.5) is 4.39 Å². The van der Waals surface area contributed by atoms with Crippen LogP contribution in [0.3, 0.4) is 0 Å². The average molecular weight is 308 g/mol. The number of nitrogens with zero attached hydrogens (tertiary/aromatic N) is 1. The number of hydrogen-bond acceptors (Lipinski definition) is 1. The van der Waals surface area contributed by atoms with E-state index < -0.39 is 0 Å². The number of carbonyl (C=O) groups is 1. The molecule has 0 spiro atoms. The third kappa shape index (κ3) is 3.86. The van der Waals surface area contributed by atoms with Gasteiger partial charge in [-0.15, -0.1) is 0 Å². The van der Waals surface area contributed by atoms with Crippen molar-refractivity contribution in [1.82, 2.24) is 9.88 Å². The lowest BCUT2D eigenvalue weighted by molar-refractivity contribution is 0.0954. The van der Waals surface area contributed by atoms with E-state index in [0.717, 1.165) is 11.3 Å². The highest BCUT2D eigenvalue weighted by Gasteiger charge is 2.06. The van der Waals surface area contributed by atoms with Crippen molar-refractivity contribution < 1.29 is 9.18 Å². The molecule has 0 saturated heterocycles. The minimum absolute atomic E-state index is 0.110. The smallest absolute Gasteiger partial charge is 0.251 e. The second kappa shape index (κ2) is 6.92. The maximum absolute atomic E-state index is 12.8. The fourth-order valence-electron chi connectivity index (χ4n) is 2.39. The van der Waals surface area contributed by atoms with Gasteiger partial charge in [-0.2, -0.15) is 0 Å². The fourth-order valence-corrected chi connectivity index (χ4v) is 2.39. The molecule has 0 fully saturated rings. The monoisotopic (exact) mass is 308 g/mol. The number of aromatic nitrogens is 1. The molecule has 1 heterocycles. The summed E-state index contributed by atoms with van der Waals surface area (Å²) < 4.78 is 14.8. The zero-order valence-electron chi connectivity index (χ0n) is 12.6. The molecular formula is C19H17FN2O. The van der Waals surface area contributed by atoms with Crippen LogP contribution in [0.1, 0.15) is 15.9 Å². The lowest BCUT2D eigenvalue weighted by Gasteiger charge is -2.08. The van der Waals surface area contributed by atoms with E-state index in [1.54, 1.807) is 18.2 Å². The molecule has 0 aliphatic rings. The summed E-state index contributed by atoms with van der Waals surface area (Å²) in [5, 5.41) is 2.89. The number of hydrogen-bond donors (Lipinski definition) is 1. The summed E-state index contributed by atoms with van der Waals surface area (Å²) in [6.07, 6.45) is 4.54. The Labute approximate surface area is 134 Å². The first-order valence-corrected chi connectivity index (χ1v) is 7.48. The SMILES string of the molecule is O=C(NCCc1ccc(F)cc1)c1cccc(-n2cccc2)c1. The molecule has 116 valence electrons. The highest BCUT2D eigenvalue weighted by Crippen LogP contribution is 2.11. The molecule has 0 aliphatic carbocycles. The summed E-state index contributed by atoms with van der Waals surface area (Å²) in [5.41, 5.74) is 2.56. The summed E-state index contributed by atoms with van der Waals surface area (Å²) >= 11 is 0. The molecule has 0 saturated carbocycles. The summed E-state index contributed by atoms with van der Waals surface area (Å²) in [6, 6.07) is 17.7. The van der Waals surface area contributed by atoms with Gasteiger partial charge in [0.25, 0.3) is 5.91 Å². The Morgan fingerprint density at radius 1 is 1.00 bits per heavy atom. The van der Waals surface area contributed by atoms with Gasteiger partial charge in [0.2, 0.25) is 0 Å². The van der Waals surface area contributed by atoms with E-state index in [4.69, 9.17) is 0 Å². The highest BCUT2D eigenvalue weighted by molar-refractivity contribution is 5.94. The van der Waals surface area contributed by atoms with E-state index in [0.29, 0.717) is 18.5 Å². The van der Waals surface area contributed by atoms with Gasteiger partial charge >= 0.3 is 0 Å². The first-order chi connectivity index (χ1) is 11.2. The number of rotatable bonds is 5. The minimum Gasteiger partial charge on any atom is -0.352 e. The van der Waals surface area contributed by atoms with Crippen LogP contribution in [0.15, 0.2) is 73.1 Å². The molecule has 0 bridgehead atoms. The molecular weight excluding hydrogens is 291 g/mol. The molecule has 3 rings (SSSR count). The molecule has 0 aliphatic heterocycles. The number of amides is 1. The van der Waals surface area contributed by atoms with Gasteiger partial charge in [0.1, 0.15) is 5.82 Å². The largest absolute Gasteiger partial charge is 0.352 e. The molecule has 3 aromatic rings. The maximum Gasteiger partial charge on any atom is 0.251 e. The number of nitrogens with one attached hydrogen (secondary N) is 1. The van der Waals surface area contributed by atoms with Crippen LogP contribution in [-0.4, -0.2) is 17.0 Å². The van der Waals surface area contributed by atoms with Crippen molar-refractivity contribution in [2.75, 3.05) is 6.54 Å². The molecule has 4 heteroatoms. The van der Waals surface area contributed by atoms with E-state index in [9.17, 15) is 9.18 Å². The zero-order valence-corrected chi connectivity index (χ0v) is 12.6. The van der Waals surface area contributed by atoms with Gasteiger partial charge < -0.3 is 9.88 Å².